The van der Waals surface area contributed by atoms with Gasteiger partial charge in [-0.2, -0.15) is 0 Å². The Kier molecular flexibility index (Phi) is 2.50. The molecule has 2 rings (SSSR count). The molecule has 2 aliphatic rings. The van der Waals surface area contributed by atoms with E-state index in [-0.39, 0.29) is 12.3 Å². The minimum absolute atomic E-state index is 0.122. The van der Waals surface area contributed by atoms with E-state index in [2.05, 4.69) is 0 Å². The molecule has 0 heterocycles. The summed E-state index contributed by atoms with van der Waals surface area (Å²) in [6.45, 7) is 0. The maximum Gasteiger partial charge on any atom is 0.313 e. The van der Waals surface area contributed by atoms with E-state index in [1.807, 2.05) is 0 Å². The van der Waals surface area contributed by atoms with Gasteiger partial charge in [-0.1, -0.05) is 12.2 Å². The maximum absolute atomic E-state index is 11.2. The lowest BCUT2D eigenvalue weighted by Crippen LogP contribution is -2.46. The van der Waals surface area contributed by atoms with Crippen molar-refractivity contribution in [3.05, 3.63) is 12.2 Å². The molecule has 2 bridgehead atoms. The zero-order chi connectivity index (χ0) is 11.9. The Morgan fingerprint density at radius 1 is 1.25 bits per heavy atom. The van der Waals surface area contributed by atoms with Crippen molar-refractivity contribution in [2.75, 3.05) is 0 Å². The summed E-state index contributed by atoms with van der Waals surface area (Å²) >= 11 is 0. The summed E-state index contributed by atoms with van der Waals surface area (Å²) in [6, 6.07) is 0. The number of fused-ring (bicyclic) bond motifs is 2. The van der Waals surface area contributed by atoms with E-state index in [4.69, 9.17) is 5.11 Å². The molecule has 0 aromatic heterocycles. The summed E-state index contributed by atoms with van der Waals surface area (Å²) in [5.74, 6) is -2.89. The third-order valence-corrected chi connectivity index (χ3v) is 3.69. The highest BCUT2D eigenvalue weighted by molar-refractivity contribution is 5.80. The Bertz CT molecular complexity index is 361. The SMILES string of the molecule is O=C(O)C1CC2CC(C(=O)O)(C=CC2O)C1. The van der Waals surface area contributed by atoms with E-state index in [1.165, 1.54) is 12.2 Å². The number of hydrogen-bond acceptors (Lipinski definition) is 3. The van der Waals surface area contributed by atoms with Crippen LogP contribution in [0, 0.1) is 17.3 Å². The summed E-state index contributed by atoms with van der Waals surface area (Å²) in [4.78, 5) is 22.2. The van der Waals surface area contributed by atoms with Gasteiger partial charge in [0.05, 0.1) is 17.4 Å². The molecule has 4 atom stereocenters. The number of aliphatic hydroxyl groups is 1. The van der Waals surface area contributed by atoms with Gasteiger partial charge in [0.2, 0.25) is 0 Å². The van der Waals surface area contributed by atoms with Crippen molar-refractivity contribution in [1.29, 1.82) is 0 Å². The third kappa shape index (κ3) is 1.61. The van der Waals surface area contributed by atoms with E-state index < -0.39 is 29.4 Å². The zero-order valence-electron chi connectivity index (χ0n) is 8.67. The molecule has 0 saturated heterocycles. The Morgan fingerprint density at radius 2 is 1.94 bits per heavy atom. The molecule has 1 saturated carbocycles. The molecule has 3 N–H and O–H groups in total. The molecule has 0 amide bonds. The number of aliphatic carboxylic acids is 2. The van der Waals surface area contributed by atoms with Gasteiger partial charge in [0.25, 0.3) is 0 Å². The van der Waals surface area contributed by atoms with Crippen LogP contribution < -0.4 is 0 Å². The average Bonchev–Trinajstić information content (AvgIpc) is 2.23. The van der Waals surface area contributed by atoms with Crippen molar-refractivity contribution in [2.24, 2.45) is 17.3 Å². The monoisotopic (exact) mass is 226 g/mol. The summed E-state index contributed by atoms with van der Waals surface area (Å²) in [7, 11) is 0. The fraction of sp³-hybridized carbons (Fsp3) is 0.636. The van der Waals surface area contributed by atoms with E-state index in [1.54, 1.807) is 0 Å². The Labute approximate surface area is 92.4 Å². The second-order valence-electron chi connectivity index (χ2n) is 4.75. The van der Waals surface area contributed by atoms with Crippen molar-refractivity contribution in [2.45, 2.75) is 25.4 Å². The molecule has 4 unspecified atom stereocenters. The number of carboxylic acid groups (broad SMARTS) is 2. The first-order chi connectivity index (χ1) is 7.44. The van der Waals surface area contributed by atoms with E-state index >= 15 is 0 Å². The van der Waals surface area contributed by atoms with Gasteiger partial charge in [0.1, 0.15) is 0 Å². The molecule has 0 aliphatic heterocycles. The number of carbonyl (C=O) groups is 2. The van der Waals surface area contributed by atoms with Gasteiger partial charge in [-0.15, -0.1) is 0 Å². The van der Waals surface area contributed by atoms with Crippen molar-refractivity contribution in [3.8, 4) is 0 Å². The predicted molar refractivity (Wildman–Crippen MR) is 53.7 cm³/mol. The van der Waals surface area contributed by atoms with Gasteiger partial charge in [-0.3, -0.25) is 9.59 Å². The molecule has 0 radical (unpaired) electrons. The summed E-state index contributed by atoms with van der Waals surface area (Å²) < 4.78 is 0. The summed E-state index contributed by atoms with van der Waals surface area (Å²) in [5, 5.41) is 27.8. The fourth-order valence-corrected chi connectivity index (χ4v) is 2.79. The molecule has 5 nitrogen and oxygen atoms in total. The number of rotatable bonds is 2. The Morgan fingerprint density at radius 3 is 2.50 bits per heavy atom. The summed E-state index contributed by atoms with van der Waals surface area (Å²) in [6.07, 6.45) is 3.05. The highest BCUT2D eigenvalue weighted by Crippen LogP contribution is 2.48. The van der Waals surface area contributed by atoms with Crippen LogP contribution in [0.1, 0.15) is 19.3 Å². The maximum atomic E-state index is 11.2. The molecule has 16 heavy (non-hydrogen) atoms. The standard InChI is InChI=1S/C11H14O5/c12-8-1-2-11(10(15)16)4-6(8)3-7(5-11)9(13)14/h1-2,6-8,12H,3-5H2,(H,13,14)(H,15,16). The van der Waals surface area contributed by atoms with Crippen LogP contribution in [0.15, 0.2) is 12.2 Å². The highest BCUT2D eigenvalue weighted by Gasteiger charge is 2.50. The second-order valence-corrected chi connectivity index (χ2v) is 4.75. The van der Waals surface area contributed by atoms with Crippen LogP contribution >= 0.6 is 0 Å². The van der Waals surface area contributed by atoms with Crippen LogP contribution in [-0.4, -0.2) is 33.4 Å². The largest absolute Gasteiger partial charge is 0.481 e. The fourth-order valence-electron chi connectivity index (χ4n) is 2.79. The molecule has 5 heteroatoms. The van der Waals surface area contributed by atoms with Gasteiger partial charge >= 0.3 is 11.9 Å². The molecule has 0 spiro atoms. The van der Waals surface area contributed by atoms with Crippen LogP contribution in [0.5, 0.6) is 0 Å². The molecule has 0 aromatic carbocycles. The first-order valence-electron chi connectivity index (χ1n) is 5.28. The molecule has 2 aliphatic carbocycles. The second kappa shape index (κ2) is 3.59. The molecule has 1 fully saturated rings. The Balaban J connectivity index is 2.34. The van der Waals surface area contributed by atoms with Crippen molar-refractivity contribution >= 4 is 11.9 Å². The van der Waals surface area contributed by atoms with E-state index in [0.717, 1.165) is 0 Å². The first-order valence-corrected chi connectivity index (χ1v) is 5.28. The van der Waals surface area contributed by atoms with Crippen LogP contribution in [0.3, 0.4) is 0 Å². The van der Waals surface area contributed by atoms with Crippen molar-refractivity contribution < 1.29 is 24.9 Å². The van der Waals surface area contributed by atoms with Gasteiger partial charge in [-0.05, 0) is 25.2 Å². The van der Waals surface area contributed by atoms with Gasteiger partial charge < -0.3 is 15.3 Å². The van der Waals surface area contributed by atoms with Crippen LogP contribution in [0.25, 0.3) is 0 Å². The van der Waals surface area contributed by atoms with Gasteiger partial charge in [-0.25, -0.2) is 0 Å². The average molecular weight is 226 g/mol. The lowest BCUT2D eigenvalue weighted by molar-refractivity contribution is -0.156. The number of carboxylic acids is 2. The first kappa shape index (κ1) is 11.1. The zero-order valence-corrected chi connectivity index (χ0v) is 8.67. The minimum atomic E-state index is -1.09. The Hall–Kier alpha value is -1.36. The molecule has 88 valence electrons. The van der Waals surface area contributed by atoms with Crippen LogP contribution in [0.2, 0.25) is 0 Å². The topological polar surface area (TPSA) is 94.8 Å². The van der Waals surface area contributed by atoms with Gasteiger partial charge in [0.15, 0.2) is 0 Å². The van der Waals surface area contributed by atoms with E-state index in [0.29, 0.717) is 12.8 Å². The minimum Gasteiger partial charge on any atom is -0.481 e. The third-order valence-electron chi connectivity index (χ3n) is 3.69. The normalized spacial score (nSPS) is 41.7. The van der Waals surface area contributed by atoms with E-state index in [9.17, 15) is 19.8 Å². The highest BCUT2D eigenvalue weighted by atomic mass is 16.4. The number of hydrogen-bond donors (Lipinski definition) is 3. The van der Waals surface area contributed by atoms with Crippen molar-refractivity contribution in [1.82, 2.24) is 0 Å². The number of aliphatic hydroxyl groups excluding tert-OH is 1. The van der Waals surface area contributed by atoms with Crippen LogP contribution in [0.4, 0.5) is 0 Å². The quantitative estimate of drug-likeness (QED) is 0.595. The molecule has 0 aromatic rings. The van der Waals surface area contributed by atoms with Crippen molar-refractivity contribution in [3.63, 3.8) is 0 Å². The molecular weight excluding hydrogens is 212 g/mol. The smallest absolute Gasteiger partial charge is 0.313 e. The summed E-state index contributed by atoms with van der Waals surface area (Å²) in [5.41, 5.74) is -1.09. The molecular formula is C11H14O5. The van der Waals surface area contributed by atoms with Crippen LogP contribution in [-0.2, 0) is 9.59 Å². The van der Waals surface area contributed by atoms with Gasteiger partial charge in [0, 0.05) is 0 Å². The predicted octanol–water partition coefficient (Wildman–Crippen LogP) is 0.489. The lowest BCUT2D eigenvalue weighted by Gasteiger charge is -2.43. The lowest BCUT2D eigenvalue weighted by atomic mass is 9.61.